The second-order valence-corrected chi connectivity index (χ2v) is 6.80. The zero-order valence-corrected chi connectivity index (χ0v) is 15.0. The molecule has 1 aromatic heterocycles. The van der Waals surface area contributed by atoms with Crippen molar-refractivity contribution in [1.82, 2.24) is 9.78 Å². The highest BCUT2D eigenvalue weighted by molar-refractivity contribution is 6.05. The van der Waals surface area contributed by atoms with Crippen molar-refractivity contribution in [2.24, 2.45) is 7.05 Å². The summed E-state index contributed by atoms with van der Waals surface area (Å²) in [6.07, 6.45) is 4.84. The maximum Gasteiger partial charge on any atom is 0.409 e. The summed E-state index contributed by atoms with van der Waals surface area (Å²) in [6.45, 7) is 5.32. The zero-order chi connectivity index (χ0) is 19.5. The van der Waals surface area contributed by atoms with Crippen LogP contribution in [0.4, 0.5) is 20.6 Å². The number of hydrogen-bond acceptors (Lipinski definition) is 3. The molecule has 2 aromatic rings. The summed E-state index contributed by atoms with van der Waals surface area (Å²) >= 11 is 0. The SMILES string of the molecule is Cn1cc(/C=C/C(=O)Nc2c(NC(=O)O)ccc(F)c2C(C)(C)C)cn1. The second kappa shape index (κ2) is 7.38. The molecule has 0 aliphatic rings. The Bertz CT molecular complexity index is 866. The van der Waals surface area contributed by atoms with Gasteiger partial charge in [0, 0.05) is 30.4 Å². The summed E-state index contributed by atoms with van der Waals surface area (Å²) < 4.78 is 16.0. The van der Waals surface area contributed by atoms with E-state index in [-0.39, 0.29) is 16.9 Å². The van der Waals surface area contributed by atoms with E-state index in [1.54, 1.807) is 51.0 Å². The minimum absolute atomic E-state index is 0.0979. The summed E-state index contributed by atoms with van der Waals surface area (Å²) in [4.78, 5) is 23.3. The summed E-state index contributed by atoms with van der Waals surface area (Å²) in [6, 6.07) is 2.45. The van der Waals surface area contributed by atoms with Crippen LogP contribution in [-0.4, -0.2) is 26.9 Å². The first-order valence-electron chi connectivity index (χ1n) is 7.88. The average molecular weight is 360 g/mol. The molecule has 0 fully saturated rings. The van der Waals surface area contributed by atoms with Gasteiger partial charge < -0.3 is 10.4 Å². The Balaban J connectivity index is 2.38. The average Bonchev–Trinajstić information content (AvgIpc) is 2.92. The molecule has 0 saturated heterocycles. The van der Waals surface area contributed by atoms with Crippen LogP contribution in [0.2, 0.25) is 0 Å². The van der Waals surface area contributed by atoms with Gasteiger partial charge in [0.25, 0.3) is 0 Å². The Kier molecular flexibility index (Phi) is 5.44. The van der Waals surface area contributed by atoms with Gasteiger partial charge in [-0.05, 0) is 23.6 Å². The maximum absolute atomic E-state index is 14.4. The first-order valence-corrected chi connectivity index (χ1v) is 7.88. The second-order valence-electron chi connectivity index (χ2n) is 6.80. The van der Waals surface area contributed by atoms with Gasteiger partial charge in [-0.25, -0.2) is 9.18 Å². The fourth-order valence-electron chi connectivity index (χ4n) is 2.52. The monoisotopic (exact) mass is 360 g/mol. The normalized spacial score (nSPS) is 11.6. The summed E-state index contributed by atoms with van der Waals surface area (Å²) in [7, 11) is 1.75. The maximum atomic E-state index is 14.4. The van der Waals surface area contributed by atoms with Gasteiger partial charge in [0.15, 0.2) is 0 Å². The number of amides is 2. The Labute approximate surface area is 150 Å². The molecule has 0 radical (unpaired) electrons. The van der Waals surface area contributed by atoms with E-state index in [4.69, 9.17) is 5.11 Å². The topological polar surface area (TPSA) is 96.2 Å². The lowest BCUT2D eigenvalue weighted by Gasteiger charge is -2.25. The number of carbonyl (C=O) groups is 2. The Morgan fingerprint density at radius 2 is 1.96 bits per heavy atom. The standard InChI is InChI=1S/C18H21FN4O3/c1-18(2,3)15-12(19)6-7-13(21-17(25)26)16(15)22-14(24)8-5-11-9-20-23(4)10-11/h5-10,21H,1-4H3,(H,22,24)(H,25,26)/b8-5+. The molecule has 1 heterocycles. The van der Waals surface area contributed by atoms with Crippen molar-refractivity contribution in [2.75, 3.05) is 10.6 Å². The number of carbonyl (C=O) groups excluding carboxylic acids is 1. The molecule has 0 spiro atoms. The van der Waals surface area contributed by atoms with Crippen LogP contribution in [0.15, 0.2) is 30.6 Å². The van der Waals surface area contributed by atoms with Gasteiger partial charge in [-0.2, -0.15) is 5.10 Å². The molecule has 8 heteroatoms. The summed E-state index contributed by atoms with van der Waals surface area (Å²) in [5, 5.41) is 17.8. The van der Waals surface area contributed by atoms with E-state index in [9.17, 15) is 14.0 Å². The molecular weight excluding hydrogens is 339 g/mol. The Hall–Kier alpha value is -3.16. The molecule has 2 amide bonds. The van der Waals surface area contributed by atoms with Crippen molar-refractivity contribution in [1.29, 1.82) is 0 Å². The van der Waals surface area contributed by atoms with Gasteiger partial charge >= 0.3 is 6.09 Å². The third-order valence-electron chi connectivity index (χ3n) is 3.55. The fraction of sp³-hybridized carbons (Fsp3) is 0.278. The number of carboxylic acid groups (broad SMARTS) is 1. The molecule has 0 aliphatic heterocycles. The molecule has 138 valence electrons. The van der Waals surface area contributed by atoms with Gasteiger partial charge in [-0.1, -0.05) is 20.8 Å². The highest BCUT2D eigenvalue weighted by Crippen LogP contribution is 2.37. The van der Waals surface area contributed by atoms with Crippen LogP contribution in [0.3, 0.4) is 0 Å². The van der Waals surface area contributed by atoms with Crippen LogP contribution in [0.5, 0.6) is 0 Å². The lowest BCUT2D eigenvalue weighted by molar-refractivity contribution is -0.111. The smallest absolute Gasteiger partial charge is 0.409 e. The molecular formula is C18H21FN4O3. The van der Waals surface area contributed by atoms with Crippen molar-refractivity contribution >= 4 is 29.5 Å². The van der Waals surface area contributed by atoms with E-state index in [1.807, 2.05) is 0 Å². The fourth-order valence-corrected chi connectivity index (χ4v) is 2.52. The van der Waals surface area contributed by atoms with Crippen molar-refractivity contribution < 1.29 is 19.1 Å². The third-order valence-corrected chi connectivity index (χ3v) is 3.55. The van der Waals surface area contributed by atoms with Crippen molar-refractivity contribution in [3.05, 3.63) is 47.5 Å². The van der Waals surface area contributed by atoms with Gasteiger partial charge in [-0.3, -0.25) is 14.8 Å². The lowest BCUT2D eigenvalue weighted by Crippen LogP contribution is -2.22. The van der Waals surface area contributed by atoms with E-state index >= 15 is 0 Å². The number of rotatable bonds is 4. The molecule has 0 aliphatic carbocycles. The van der Waals surface area contributed by atoms with Gasteiger partial charge in [0.05, 0.1) is 17.6 Å². The molecule has 7 nitrogen and oxygen atoms in total. The molecule has 0 saturated carbocycles. The predicted octanol–water partition coefficient (Wildman–Crippen LogP) is 3.60. The number of halogens is 1. The molecule has 0 bridgehead atoms. The highest BCUT2D eigenvalue weighted by Gasteiger charge is 2.26. The quantitative estimate of drug-likeness (QED) is 0.726. The third kappa shape index (κ3) is 4.69. The van der Waals surface area contributed by atoms with E-state index in [1.165, 1.54) is 18.2 Å². The Morgan fingerprint density at radius 1 is 1.27 bits per heavy atom. The minimum atomic E-state index is -1.31. The molecule has 1 aromatic carbocycles. The summed E-state index contributed by atoms with van der Waals surface area (Å²) in [5.74, 6) is -1.04. The highest BCUT2D eigenvalue weighted by atomic mass is 19.1. The number of aryl methyl sites for hydroxylation is 1. The van der Waals surface area contributed by atoms with E-state index < -0.39 is 23.2 Å². The van der Waals surface area contributed by atoms with Crippen LogP contribution < -0.4 is 10.6 Å². The first kappa shape index (κ1) is 19.2. The molecule has 3 N–H and O–H groups in total. The van der Waals surface area contributed by atoms with Crippen LogP contribution >= 0.6 is 0 Å². The van der Waals surface area contributed by atoms with Crippen molar-refractivity contribution in [3.63, 3.8) is 0 Å². The van der Waals surface area contributed by atoms with Gasteiger partial charge in [0.1, 0.15) is 5.82 Å². The molecule has 0 atom stereocenters. The summed E-state index contributed by atoms with van der Waals surface area (Å²) in [5.41, 5.74) is 0.483. The number of aromatic nitrogens is 2. The Morgan fingerprint density at radius 3 is 2.50 bits per heavy atom. The van der Waals surface area contributed by atoms with Crippen LogP contribution in [-0.2, 0) is 17.3 Å². The molecule has 0 unspecified atom stereocenters. The van der Waals surface area contributed by atoms with Crippen LogP contribution in [0.25, 0.3) is 6.08 Å². The number of anilines is 2. The molecule has 26 heavy (non-hydrogen) atoms. The molecule has 2 rings (SSSR count). The lowest BCUT2D eigenvalue weighted by atomic mass is 9.84. The number of nitrogens with zero attached hydrogens (tertiary/aromatic N) is 2. The van der Waals surface area contributed by atoms with E-state index in [2.05, 4.69) is 15.7 Å². The predicted molar refractivity (Wildman–Crippen MR) is 97.6 cm³/mol. The number of benzene rings is 1. The van der Waals surface area contributed by atoms with Crippen LogP contribution in [0.1, 0.15) is 31.9 Å². The minimum Gasteiger partial charge on any atom is -0.465 e. The zero-order valence-electron chi connectivity index (χ0n) is 15.0. The number of nitrogens with one attached hydrogen (secondary N) is 2. The van der Waals surface area contributed by atoms with Gasteiger partial charge in [0.2, 0.25) is 5.91 Å². The van der Waals surface area contributed by atoms with Gasteiger partial charge in [-0.15, -0.1) is 0 Å². The largest absolute Gasteiger partial charge is 0.465 e. The van der Waals surface area contributed by atoms with E-state index in [0.717, 1.165) is 5.56 Å². The van der Waals surface area contributed by atoms with Crippen molar-refractivity contribution in [3.8, 4) is 0 Å². The van der Waals surface area contributed by atoms with Crippen LogP contribution in [0, 0.1) is 5.82 Å². The number of hydrogen-bond donors (Lipinski definition) is 3. The van der Waals surface area contributed by atoms with Crippen molar-refractivity contribution in [2.45, 2.75) is 26.2 Å². The first-order chi connectivity index (χ1) is 12.1. The van der Waals surface area contributed by atoms with E-state index in [0.29, 0.717) is 0 Å².